The maximum Gasteiger partial charge on any atom is 0.149 e. The minimum Gasteiger partial charge on any atom is -0.489 e. The quantitative estimate of drug-likeness (QED) is 0.781. The average molecular weight is 286 g/mol. The van der Waals surface area contributed by atoms with E-state index in [4.69, 9.17) is 10.5 Å². The Labute approximate surface area is 115 Å². The number of rotatable bonds is 6. The first-order valence-corrected chi connectivity index (χ1v) is 8.24. The highest BCUT2D eigenvalue weighted by Gasteiger charge is 2.11. The van der Waals surface area contributed by atoms with E-state index in [9.17, 15) is 8.42 Å². The van der Waals surface area contributed by atoms with Gasteiger partial charge >= 0.3 is 0 Å². The number of hydrogen-bond donors (Lipinski definition) is 2. The van der Waals surface area contributed by atoms with Gasteiger partial charge in [0.25, 0.3) is 0 Å². The maximum absolute atomic E-state index is 11.2. The highest BCUT2D eigenvalue weighted by Crippen LogP contribution is 2.26. The second-order valence-electron chi connectivity index (χ2n) is 5.06. The fourth-order valence-corrected chi connectivity index (χ4v) is 2.75. The Balaban J connectivity index is 2.79. The molecule has 6 heteroatoms. The molecule has 1 unspecified atom stereocenters. The van der Waals surface area contributed by atoms with E-state index in [0.717, 1.165) is 5.69 Å². The van der Waals surface area contributed by atoms with Gasteiger partial charge in [0, 0.05) is 24.1 Å². The molecule has 0 bridgehead atoms. The standard InChI is InChI=1S/C13H22N2O3S/c1-9(2)18-13-7-11(5-6-12(13)14)15-10(3)8-19(4,16)17/h5-7,9-10,15H,8,14H2,1-4H3. The molecule has 0 heterocycles. The van der Waals surface area contributed by atoms with Gasteiger partial charge in [-0.25, -0.2) is 8.42 Å². The van der Waals surface area contributed by atoms with Gasteiger partial charge in [0.05, 0.1) is 17.5 Å². The zero-order valence-corrected chi connectivity index (χ0v) is 12.6. The van der Waals surface area contributed by atoms with Crippen molar-refractivity contribution in [3.8, 4) is 5.75 Å². The van der Waals surface area contributed by atoms with E-state index >= 15 is 0 Å². The van der Waals surface area contributed by atoms with E-state index in [1.807, 2.05) is 20.8 Å². The van der Waals surface area contributed by atoms with Gasteiger partial charge in [0.15, 0.2) is 0 Å². The number of benzene rings is 1. The zero-order valence-electron chi connectivity index (χ0n) is 11.8. The highest BCUT2D eigenvalue weighted by molar-refractivity contribution is 7.90. The molecule has 0 aliphatic rings. The van der Waals surface area contributed by atoms with Gasteiger partial charge in [-0.2, -0.15) is 0 Å². The Hall–Kier alpha value is -1.43. The molecular weight excluding hydrogens is 264 g/mol. The minimum atomic E-state index is -3.00. The molecule has 0 saturated heterocycles. The summed E-state index contributed by atoms with van der Waals surface area (Å²) in [5.41, 5.74) is 7.18. The van der Waals surface area contributed by atoms with Crippen LogP contribution in [-0.2, 0) is 9.84 Å². The number of nitrogens with two attached hydrogens (primary N) is 1. The number of anilines is 2. The lowest BCUT2D eigenvalue weighted by Gasteiger charge is -2.17. The van der Waals surface area contributed by atoms with Crippen molar-refractivity contribution in [2.45, 2.75) is 32.9 Å². The molecule has 3 N–H and O–H groups in total. The summed E-state index contributed by atoms with van der Waals surface area (Å²) >= 11 is 0. The van der Waals surface area contributed by atoms with E-state index in [1.165, 1.54) is 6.26 Å². The van der Waals surface area contributed by atoms with Crippen LogP contribution in [0.15, 0.2) is 18.2 Å². The van der Waals surface area contributed by atoms with Crippen molar-refractivity contribution in [2.75, 3.05) is 23.1 Å². The SMILES string of the molecule is CC(CS(C)(=O)=O)Nc1ccc(N)c(OC(C)C)c1. The fourth-order valence-electron chi connectivity index (χ4n) is 1.76. The predicted molar refractivity (Wildman–Crippen MR) is 79.4 cm³/mol. The molecule has 5 nitrogen and oxygen atoms in total. The van der Waals surface area contributed by atoms with Crippen LogP contribution >= 0.6 is 0 Å². The minimum absolute atomic E-state index is 0.0333. The summed E-state index contributed by atoms with van der Waals surface area (Å²) < 4.78 is 28.0. The second-order valence-corrected chi connectivity index (χ2v) is 7.24. The maximum atomic E-state index is 11.2. The Kier molecular flexibility index (Phi) is 5.05. The van der Waals surface area contributed by atoms with Gasteiger partial charge in [-0.3, -0.25) is 0 Å². The third kappa shape index (κ3) is 5.83. The summed E-state index contributed by atoms with van der Waals surface area (Å²) in [4.78, 5) is 0. The number of nitrogen functional groups attached to an aromatic ring is 1. The van der Waals surface area contributed by atoms with Crippen LogP contribution < -0.4 is 15.8 Å². The average Bonchev–Trinajstić information content (AvgIpc) is 2.19. The zero-order chi connectivity index (χ0) is 14.6. The van der Waals surface area contributed by atoms with Crippen LogP contribution in [0.3, 0.4) is 0 Å². The Morgan fingerprint density at radius 2 is 1.95 bits per heavy atom. The molecule has 0 saturated carbocycles. The third-order valence-electron chi connectivity index (χ3n) is 2.34. The van der Waals surface area contributed by atoms with E-state index in [1.54, 1.807) is 18.2 Å². The summed E-state index contributed by atoms with van der Waals surface area (Å²) in [5, 5.41) is 3.12. The van der Waals surface area contributed by atoms with E-state index in [-0.39, 0.29) is 17.9 Å². The van der Waals surface area contributed by atoms with Crippen molar-refractivity contribution >= 4 is 21.2 Å². The van der Waals surface area contributed by atoms with Crippen molar-refractivity contribution in [3.63, 3.8) is 0 Å². The predicted octanol–water partition coefficient (Wildman–Crippen LogP) is 1.90. The summed E-state index contributed by atoms with van der Waals surface area (Å²) in [6.45, 7) is 5.66. The van der Waals surface area contributed by atoms with Gasteiger partial charge in [-0.05, 0) is 32.9 Å². The van der Waals surface area contributed by atoms with Gasteiger partial charge < -0.3 is 15.8 Å². The van der Waals surface area contributed by atoms with E-state index < -0.39 is 9.84 Å². The topological polar surface area (TPSA) is 81.4 Å². The first kappa shape index (κ1) is 15.6. The monoisotopic (exact) mass is 286 g/mol. The summed E-state index contributed by atoms with van der Waals surface area (Å²) in [7, 11) is -3.00. The molecule has 0 aliphatic heterocycles. The van der Waals surface area contributed by atoms with Crippen molar-refractivity contribution < 1.29 is 13.2 Å². The lowest BCUT2D eigenvalue weighted by Crippen LogP contribution is -2.25. The Morgan fingerprint density at radius 1 is 1.32 bits per heavy atom. The molecule has 0 spiro atoms. The van der Waals surface area contributed by atoms with Crippen LogP contribution in [0.4, 0.5) is 11.4 Å². The Morgan fingerprint density at radius 3 is 2.47 bits per heavy atom. The van der Waals surface area contributed by atoms with Crippen molar-refractivity contribution in [3.05, 3.63) is 18.2 Å². The molecule has 1 atom stereocenters. The molecule has 1 rings (SSSR count). The van der Waals surface area contributed by atoms with Gasteiger partial charge in [0.1, 0.15) is 15.6 Å². The van der Waals surface area contributed by atoms with Crippen LogP contribution in [-0.4, -0.2) is 32.6 Å². The molecule has 19 heavy (non-hydrogen) atoms. The van der Waals surface area contributed by atoms with Crippen LogP contribution in [0.2, 0.25) is 0 Å². The molecule has 0 fully saturated rings. The molecule has 1 aromatic rings. The van der Waals surface area contributed by atoms with Gasteiger partial charge in [0.2, 0.25) is 0 Å². The molecule has 1 aromatic carbocycles. The van der Waals surface area contributed by atoms with Gasteiger partial charge in [-0.15, -0.1) is 0 Å². The fraction of sp³-hybridized carbons (Fsp3) is 0.538. The molecule has 0 aromatic heterocycles. The van der Waals surface area contributed by atoms with Crippen molar-refractivity contribution in [1.29, 1.82) is 0 Å². The Bertz CT molecular complexity index is 527. The molecule has 0 amide bonds. The first-order chi connectivity index (χ1) is 8.67. The van der Waals surface area contributed by atoms with Gasteiger partial charge in [-0.1, -0.05) is 0 Å². The van der Waals surface area contributed by atoms with Crippen LogP contribution in [0.25, 0.3) is 0 Å². The number of nitrogens with one attached hydrogen (secondary N) is 1. The van der Waals surface area contributed by atoms with Crippen LogP contribution in [0.5, 0.6) is 5.75 Å². The largest absolute Gasteiger partial charge is 0.489 e. The smallest absolute Gasteiger partial charge is 0.149 e. The van der Waals surface area contributed by atoms with Crippen molar-refractivity contribution in [2.24, 2.45) is 0 Å². The highest BCUT2D eigenvalue weighted by atomic mass is 32.2. The van der Waals surface area contributed by atoms with E-state index in [2.05, 4.69) is 5.32 Å². The van der Waals surface area contributed by atoms with E-state index in [0.29, 0.717) is 11.4 Å². The summed E-state index contributed by atoms with van der Waals surface area (Å²) in [6, 6.07) is 5.16. The second kappa shape index (κ2) is 6.14. The van der Waals surface area contributed by atoms with Crippen LogP contribution in [0.1, 0.15) is 20.8 Å². The van der Waals surface area contributed by atoms with Crippen LogP contribution in [0, 0.1) is 0 Å². The number of ether oxygens (including phenoxy) is 1. The lowest BCUT2D eigenvalue weighted by molar-refractivity contribution is 0.244. The summed E-state index contributed by atoms with van der Waals surface area (Å²) in [5.74, 6) is 0.684. The number of sulfone groups is 1. The molecule has 0 aliphatic carbocycles. The lowest BCUT2D eigenvalue weighted by atomic mass is 10.2. The first-order valence-electron chi connectivity index (χ1n) is 6.18. The third-order valence-corrected chi connectivity index (χ3v) is 3.45. The molecular formula is C13H22N2O3S. The normalized spacial score (nSPS) is 13.3. The summed E-state index contributed by atoms with van der Waals surface area (Å²) in [6.07, 6.45) is 1.26. The molecule has 0 radical (unpaired) electrons. The molecule has 108 valence electrons. The van der Waals surface area contributed by atoms with Crippen molar-refractivity contribution in [1.82, 2.24) is 0 Å². The number of hydrogen-bond acceptors (Lipinski definition) is 5.